The van der Waals surface area contributed by atoms with Crippen molar-refractivity contribution < 1.29 is 23.6 Å². The van der Waals surface area contributed by atoms with E-state index in [0.29, 0.717) is 17.6 Å². The highest BCUT2D eigenvalue weighted by atomic mass is 19.1. The van der Waals surface area contributed by atoms with Gasteiger partial charge in [0, 0.05) is 12.0 Å². The van der Waals surface area contributed by atoms with Crippen LogP contribution in [-0.2, 0) is 6.61 Å². The van der Waals surface area contributed by atoms with E-state index in [1.807, 2.05) is 0 Å². The van der Waals surface area contributed by atoms with E-state index in [1.54, 1.807) is 0 Å². The Labute approximate surface area is 113 Å². The largest absolute Gasteiger partial charge is 0.484 e. The number of benzene rings is 1. The molecule has 1 saturated carbocycles. The van der Waals surface area contributed by atoms with E-state index in [-0.39, 0.29) is 12.4 Å². The number of halogens is 1. The van der Waals surface area contributed by atoms with Gasteiger partial charge in [0.2, 0.25) is 0 Å². The number of aromatic nitrogens is 2. The number of aromatic carboxylic acids is 1. The summed E-state index contributed by atoms with van der Waals surface area (Å²) in [5.41, 5.74) is -0.397. The van der Waals surface area contributed by atoms with Crippen LogP contribution in [0.4, 0.5) is 4.39 Å². The third-order valence-corrected chi connectivity index (χ3v) is 2.96. The van der Waals surface area contributed by atoms with Crippen LogP contribution in [0.1, 0.15) is 40.8 Å². The number of hydrogen-bond acceptors (Lipinski definition) is 5. The summed E-state index contributed by atoms with van der Waals surface area (Å²) in [4.78, 5) is 14.8. The second kappa shape index (κ2) is 4.92. The molecule has 0 radical (unpaired) electrons. The Balaban J connectivity index is 1.65. The molecule has 1 heterocycles. The SMILES string of the molecule is O=C(O)c1ccc(OCc2nc(C3CC3)no2)cc1F. The second-order valence-corrected chi connectivity index (χ2v) is 4.56. The van der Waals surface area contributed by atoms with Crippen molar-refractivity contribution >= 4 is 5.97 Å². The summed E-state index contributed by atoms with van der Waals surface area (Å²) in [6, 6.07) is 3.54. The minimum absolute atomic E-state index is 0.0194. The fraction of sp³-hybridized carbons (Fsp3) is 0.308. The minimum atomic E-state index is -1.32. The molecule has 1 aliphatic carbocycles. The number of rotatable bonds is 5. The van der Waals surface area contributed by atoms with Crippen LogP contribution < -0.4 is 4.74 Å². The van der Waals surface area contributed by atoms with Crippen LogP contribution in [0.5, 0.6) is 5.75 Å². The molecular formula is C13H11FN2O4. The second-order valence-electron chi connectivity index (χ2n) is 4.56. The van der Waals surface area contributed by atoms with E-state index in [9.17, 15) is 9.18 Å². The fourth-order valence-electron chi connectivity index (χ4n) is 1.74. The molecule has 1 aromatic carbocycles. The van der Waals surface area contributed by atoms with Gasteiger partial charge in [0.05, 0.1) is 5.56 Å². The first kappa shape index (κ1) is 12.6. The minimum Gasteiger partial charge on any atom is -0.484 e. The van der Waals surface area contributed by atoms with Crippen molar-refractivity contribution in [3.8, 4) is 5.75 Å². The first-order chi connectivity index (χ1) is 9.63. The molecule has 1 fully saturated rings. The molecule has 6 nitrogen and oxygen atoms in total. The smallest absolute Gasteiger partial charge is 0.338 e. The van der Waals surface area contributed by atoms with Gasteiger partial charge in [0.1, 0.15) is 11.6 Å². The fourth-order valence-corrected chi connectivity index (χ4v) is 1.74. The molecule has 0 bridgehead atoms. The molecule has 2 aromatic rings. The van der Waals surface area contributed by atoms with Crippen LogP contribution in [0, 0.1) is 5.82 Å². The van der Waals surface area contributed by atoms with Gasteiger partial charge in [0.15, 0.2) is 12.4 Å². The van der Waals surface area contributed by atoms with Crippen LogP contribution in [0.2, 0.25) is 0 Å². The standard InChI is InChI=1S/C13H11FN2O4/c14-10-5-8(3-4-9(10)13(17)18)19-6-11-15-12(16-20-11)7-1-2-7/h3-5,7H,1-2,6H2,(H,17,18). The molecular weight excluding hydrogens is 267 g/mol. The first-order valence-electron chi connectivity index (χ1n) is 6.11. The van der Waals surface area contributed by atoms with Gasteiger partial charge in [-0.05, 0) is 25.0 Å². The van der Waals surface area contributed by atoms with Gasteiger partial charge in [-0.15, -0.1) is 0 Å². The molecule has 104 valence electrons. The van der Waals surface area contributed by atoms with Crippen molar-refractivity contribution in [2.45, 2.75) is 25.4 Å². The number of ether oxygens (including phenoxy) is 1. The Morgan fingerprint density at radius 3 is 2.95 bits per heavy atom. The number of carbonyl (C=O) groups is 1. The molecule has 0 spiro atoms. The van der Waals surface area contributed by atoms with Crippen LogP contribution in [-0.4, -0.2) is 21.2 Å². The Hall–Kier alpha value is -2.44. The molecule has 0 saturated heterocycles. The third kappa shape index (κ3) is 2.61. The van der Waals surface area contributed by atoms with Crippen LogP contribution >= 0.6 is 0 Å². The highest BCUT2D eigenvalue weighted by Crippen LogP contribution is 2.38. The number of carboxylic acids is 1. The summed E-state index contributed by atoms with van der Waals surface area (Å²) in [6.07, 6.45) is 2.14. The van der Waals surface area contributed by atoms with E-state index in [2.05, 4.69) is 10.1 Å². The van der Waals surface area contributed by atoms with Crippen molar-refractivity contribution in [3.05, 3.63) is 41.3 Å². The number of hydrogen-bond donors (Lipinski definition) is 1. The highest BCUT2D eigenvalue weighted by Gasteiger charge is 2.28. The average molecular weight is 278 g/mol. The van der Waals surface area contributed by atoms with E-state index >= 15 is 0 Å². The molecule has 20 heavy (non-hydrogen) atoms. The summed E-state index contributed by atoms with van der Waals surface area (Å²) in [5.74, 6) is -0.580. The maximum atomic E-state index is 13.4. The van der Waals surface area contributed by atoms with Crippen LogP contribution in [0.15, 0.2) is 22.7 Å². The summed E-state index contributed by atoms with van der Waals surface area (Å²) in [6.45, 7) is 0.0194. The quantitative estimate of drug-likeness (QED) is 0.903. The van der Waals surface area contributed by atoms with E-state index < -0.39 is 17.3 Å². The zero-order valence-corrected chi connectivity index (χ0v) is 10.4. The van der Waals surface area contributed by atoms with Gasteiger partial charge in [-0.25, -0.2) is 9.18 Å². The lowest BCUT2D eigenvalue weighted by Crippen LogP contribution is -2.02. The monoisotopic (exact) mass is 278 g/mol. The van der Waals surface area contributed by atoms with Crippen LogP contribution in [0.25, 0.3) is 0 Å². The Morgan fingerprint density at radius 1 is 1.50 bits per heavy atom. The summed E-state index contributed by atoms with van der Waals surface area (Å²) < 4.78 is 23.7. The molecule has 0 atom stereocenters. The number of carboxylic acid groups (broad SMARTS) is 1. The lowest BCUT2D eigenvalue weighted by molar-refractivity contribution is 0.0691. The summed E-state index contributed by atoms with van der Waals surface area (Å²) in [7, 11) is 0. The van der Waals surface area contributed by atoms with E-state index in [0.717, 1.165) is 25.0 Å². The number of nitrogens with zero attached hydrogens (tertiary/aromatic N) is 2. The third-order valence-electron chi connectivity index (χ3n) is 2.96. The molecule has 1 aliphatic rings. The first-order valence-corrected chi connectivity index (χ1v) is 6.11. The zero-order chi connectivity index (χ0) is 14.1. The van der Waals surface area contributed by atoms with Crippen molar-refractivity contribution in [3.63, 3.8) is 0 Å². The van der Waals surface area contributed by atoms with Gasteiger partial charge < -0.3 is 14.4 Å². The highest BCUT2D eigenvalue weighted by molar-refractivity contribution is 5.88. The molecule has 1 aromatic heterocycles. The lowest BCUT2D eigenvalue weighted by atomic mass is 10.2. The van der Waals surface area contributed by atoms with Crippen molar-refractivity contribution in [2.75, 3.05) is 0 Å². The molecule has 1 N–H and O–H groups in total. The van der Waals surface area contributed by atoms with Gasteiger partial charge >= 0.3 is 5.97 Å². The van der Waals surface area contributed by atoms with E-state index in [4.69, 9.17) is 14.4 Å². The zero-order valence-electron chi connectivity index (χ0n) is 10.4. The predicted octanol–water partition coefficient (Wildman–Crippen LogP) is 2.36. The van der Waals surface area contributed by atoms with Gasteiger partial charge in [0.25, 0.3) is 5.89 Å². The molecule has 0 aliphatic heterocycles. The summed E-state index contributed by atoms with van der Waals surface area (Å²) in [5, 5.41) is 12.5. The topological polar surface area (TPSA) is 85.5 Å². The Morgan fingerprint density at radius 2 is 2.30 bits per heavy atom. The molecule has 7 heteroatoms. The molecule has 3 rings (SSSR count). The predicted molar refractivity (Wildman–Crippen MR) is 64.0 cm³/mol. The van der Waals surface area contributed by atoms with E-state index in [1.165, 1.54) is 6.07 Å². The van der Waals surface area contributed by atoms with Crippen molar-refractivity contribution in [1.29, 1.82) is 0 Å². The average Bonchev–Trinajstić information content (AvgIpc) is 3.15. The van der Waals surface area contributed by atoms with Gasteiger partial charge in [-0.1, -0.05) is 5.16 Å². The summed E-state index contributed by atoms with van der Waals surface area (Å²) >= 11 is 0. The van der Waals surface area contributed by atoms with Crippen LogP contribution in [0.3, 0.4) is 0 Å². The van der Waals surface area contributed by atoms with Gasteiger partial charge in [-0.3, -0.25) is 0 Å². The Kier molecular flexibility index (Phi) is 3.09. The lowest BCUT2D eigenvalue weighted by Gasteiger charge is -2.04. The maximum absolute atomic E-state index is 13.4. The van der Waals surface area contributed by atoms with Gasteiger partial charge in [-0.2, -0.15) is 4.98 Å². The molecule has 0 unspecified atom stereocenters. The van der Waals surface area contributed by atoms with Crippen molar-refractivity contribution in [2.24, 2.45) is 0 Å². The molecule has 0 amide bonds. The Bertz CT molecular complexity index is 652. The normalized spacial score (nSPS) is 14.2. The maximum Gasteiger partial charge on any atom is 0.338 e. The van der Waals surface area contributed by atoms with Crippen molar-refractivity contribution in [1.82, 2.24) is 10.1 Å².